The Bertz CT molecular complexity index is 477. The number of nitrogens with one attached hydrogen (secondary N) is 1. The van der Waals surface area contributed by atoms with Gasteiger partial charge in [0.25, 0.3) is 0 Å². The summed E-state index contributed by atoms with van der Waals surface area (Å²) in [5, 5.41) is 5.66. The molecule has 2 aromatic heterocycles. The number of hydrogen-bond donors (Lipinski definition) is 1. The maximum absolute atomic E-state index is 5.68. The van der Waals surface area contributed by atoms with E-state index in [4.69, 9.17) is 4.42 Å². The van der Waals surface area contributed by atoms with E-state index in [0.29, 0.717) is 0 Å². The van der Waals surface area contributed by atoms with E-state index in [2.05, 4.69) is 46.5 Å². The van der Waals surface area contributed by atoms with Crippen molar-refractivity contribution in [1.82, 2.24) is 5.32 Å². The Labute approximate surface area is 114 Å². The maximum Gasteiger partial charge on any atom is 0.169 e. The van der Waals surface area contributed by atoms with Gasteiger partial charge in [-0.05, 0) is 65.0 Å². The lowest BCUT2D eigenvalue weighted by Crippen LogP contribution is -2.22. The van der Waals surface area contributed by atoms with Crippen LogP contribution in [0.4, 0.5) is 0 Å². The average Bonchev–Trinajstić information content (AvgIpc) is 2.90. The van der Waals surface area contributed by atoms with Gasteiger partial charge in [0.1, 0.15) is 5.76 Å². The summed E-state index contributed by atoms with van der Waals surface area (Å²) in [5.74, 6) is 0.965. The zero-order valence-corrected chi connectivity index (χ0v) is 12.4. The first-order valence-corrected chi connectivity index (χ1v) is 7.42. The van der Waals surface area contributed by atoms with Crippen LogP contribution in [0, 0.1) is 6.92 Å². The highest BCUT2D eigenvalue weighted by atomic mass is 79.9. The number of hydrogen-bond acceptors (Lipinski definition) is 3. The first-order valence-electron chi connectivity index (χ1n) is 5.75. The lowest BCUT2D eigenvalue weighted by Gasteiger charge is -2.16. The van der Waals surface area contributed by atoms with Crippen LogP contribution >= 0.6 is 27.3 Å². The number of rotatable bonds is 5. The van der Waals surface area contributed by atoms with Crippen LogP contribution in [0.15, 0.2) is 32.7 Å². The Morgan fingerprint density at radius 1 is 1.41 bits per heavy atom. The van der Waals surface area contributed by atoms with Crippen molar-refractivity contribution < 1.29 is 4.42 Å². The summed E-state index contributed by atoms with van der Waals surface area (Å²) in [6.07, 6.45) is 1.11. The highest BCUT2D eigenvalue weighted by molar-refractivity contribution is 9.10. The van der Waals surface area contributed by atoms with Gasteiger partial charge < -0.3 is 9.73 Å². The summed E-state index contributed by atoms with van der Waals surface area (Å²) in [5.41, 5.74) is 1.31. The van der Waals surface area contributed by atoms with E-state index in [-0.39, 0.29) is 6.04 Å². The van der Waals surface area contributed by atoms with Crippen LogP contribution in [0.5, 0.6) is 0 Å². The zero-order valence-electron chi connectivity index (χ0n) is 10.00. The van der Waals surface area contributed by atoms with Crippen LogP contribution in [-0.4, -0.2) is 6.54 Å². The quantitative estimate of drug-likeness (QED) is 0.879. The van der Waals surface area contributed by atoms with Gasteiger partial charge in [-0.1, -0.05) is 6.92 Å². The Kier molecular flexibility index (Phi) is 4.42. The van der Waals surface area contributed by atoms with Crippen LogP contribution in [0.25, 0.3) is 0 Å². The predicted molar refractivity (Wildman–Crippen MR) is 75.6 cm³/mol. The van der Waals surface area contributed by atoms with Crippen molar-refractivity contribution in [3.8, 4) is 0 Å². The third-order valence-corrected chi connectivity index (χ3v) is 3.97. The Morgan fingerprint density at radius 3 is 2.76 bits per heavy atom. The molecule has 0 aliphatic carbocycles. The minimum Gasteiger partial charge on any atom is -0.452 e. The molecule has 2 aromatic rings. The minimum absolute atomic E-state index is 0.160. The molecule has 17 heavy (non-hydrogen) atoms. The monoisotopic (exact) mass is 313 g/mol. The van der Waals surface area contributed by atoms with Gasteiger partial charge in [0.15, 0.2) is 4.67 Å². The van der Waals surface area contributed by atoms with E-state index in [0.717, 1.165) is 23.4 Å². The smallest absolute Gasteiger partial charge is 0.169 e. The molecule has 0 fully saturated rings. The first-order chi connectivity index (χ1) is 8.22. The van der Waals surface area contributed by atoms with Crippen LogP contribution in [0.2, 0.25) is 0 Å². The molecule has 0 aromatic carbocycles. The molecule has 2 nitrogen and oxygen atoms in total. The molecule has 0 saturated carbocycles. The molecule has 4 heteroatoms. The summed E-state index contributed by atoms with van der Waals surface area (Å²) in [6, 6.07) is 6.29. The summed E-state index contributed by atoms with van der Waals surface area (Å²) in [6.45, 7) is 5.31. The molecule has 2 rings (SSSR count). The number of thiophene rings is 1. The molecule has 0 radical (unpaired) electrons. The van der Waals surface area contributed by atoms with Crippen LogP contribution in [-0.2, 0) is 0 Å². The molecule has 1 atom stereocenters. The molecule has 92 valence electrons. The first kappa shape index (κ1) is 12.9. The van der Waals surface area contributed by atoms with Crippen molar-refractivity contribution in [1.29, 1.82) is 0 Å². The largest absolute Gasteiger partial charge is 0.452 e. The Hall–Kier alpha value is -0.580. The van der Waals surface area contributed by atoms with Gasteiger partial charge in [0.05, 0.1) is 6.04 Å². The normalized spacial score (nSPS) is 12.9. The molecule has 1 unspecified atom stereocenters. The van der Waals surface area contributed by atoms with E-state index >= 15 is 0 Å². The number of halogens is 1. The van der Waals surface area contributed by atoms with Crippen LogP contribution in [0.3, 0.4) is 0 Å². The fourth-order valence-corrected chi connectivity index (χ4v) is 2.89. The third-order valence-electron chi connectivity index (χ3n) is 2.69. The Balaban J connectivity index is 2.28. The van der Waals surface area contributed by atoms with Crippen molar-refractivity contribution >= 4 is 27.3 Å². The molecule has 0 amide bonds. The second kappa shape index (κ2) is 5.85. The maximum atomic E-state index is 5.68. The van der Waals surface area contributed by atoms with Gasteiger partial charge in [-0.3, -0.25) is 0 Å². The fraction of sp³-hybridized carbons (Fsp3) is 0.385. The van der Waals surface area contributed by atoms with Gasteiger partial charge in [0.2, 0.25) is 0 Å². The highest BCUT2D eigenvalue weighted by Gasteiger charge is 2.19. The topological polar surface area (TPSA) is 25.2 Å². The van der Waals surface area contributed by atoms with E-state index < -0.39 is 0 Å². The average molecular weight is 314 g/mol. The standard InChI is InChI=1S/C13H16BrNOS/c1-3-7-15-13(10-6-8-17-9(10)2)11-4-5-12(14)16-11/h4-6,8,13,15H,3,7H2,1-2H3. The van der Waals surface area contributed by atoms with Crippen molar-refractivity contribution in [3.05, 3.63) is 44.4 Å². The summed E-state index contributed by atoms with van der Waals surface area (Å²) in [4.78, 5) is 1.34. The number of aryl methyl sites for hydroxylation is 1. The fourth-order valence-electron chi connectivity index (χ4n) is 1.83. The van der Waals surface area contributed by atoms with E-state index in [1.165, 1.54) is 10.4 Å². The van der Waals surface area contributed by atoms with Gasteiger partial charge in [0, 0.05) is 4.88 Å². The number of furan rings is 1. The lowest BCUT2D eigenvalue weighted by atomic mass is 10.1. The van der Waals surface area contributed by atoms with Crippen molar-refractivity contribution in [2.75, 3.05) is 6.54 Å². The van der Waals surface area contributed by atoms with Crippen LogP contribution < -0.4 is 5.32 Å². The van der Waals surface area contributed by atoms with Gasteiger partial charge >= 0.3 is 0 Å². The second-order valence-corrected chi connectivity index (χ2v) is 5.86. The van der Waals surface area contributed by atoms with Gasteiger partial charge in [-0.25, -0.2) is 0 Å². The van der Waals surface area contributed by atoms with Crippen molar-refractivity contribution in [2.24, 2.45) is 0 Å². The SMILES string of the molecule is CCCNC(c1ccc(Br)o1)c1ccsc1C. The van der Waals surface area contributed by atoms with E-state index in [1.807, 2.05) is 12.1 Å². The van der Waals surface area contributed by atoms with Crippen molar-refractivity contribution in [2.45, 2.75) is 26.3 Å². The molecular weight excluding hydrogens is 298 g/mol. The van der Waals surface area contributed by atoms with Gasteiger partial charge in [-0.2, -0.15) is 0 Å². The zero-order chi connectivity index (χ0) is 12.3. The minimum atomic E-state index is 0.160. The molecule has 0 aliphatic rings. The van der Waals surface area contributed by atoms with E-state index in [9.17, 15) is 0 Å². The molecule has 0 aliphatic heterocycles. The molecule has 2 heterocycles. The van der Waals surface area contributed by atoms with Crippen LogP contribution in [0.1, 0.15) is 35.6 Å². The van der Waals surface area contributed by atoms with E-state index in [1.54, 1.807) is 11.3 Å². The molecule has 1 N–H and O–H groups in total. The lowest BCUT2D eigenvalue weighted by molar-refractivity contribution is 0.433. The highest BCUT2D eigenvalue weighted by Crippen LogP contribution is 2.30. The predicted octanol–water partition coefficient (Wildman–Crippen LogP) is 4.50. The third kappa shape index (κ3) is 3.00. The summed E-state index contributed by atoms with van der Waals surface area (Å²) in [7, 11) is 0. The second-order valence-electron chi connectivity index (χ2n) is 3.96. The molecule has 0 spiro atoms. The molecular formula is C13H16BrNOS. The Morgan fingerprint density at radius 2 is 2.24 bits per heavy atom. The molecule has 0 bridgehead atoms. The summed E-state index contributed by atoms with van der Waals surface area (Å²) < 4.78 is 6.46. The molecule has 0 saturated heterocycles. The van der Waals surface area contributed by atoms with Crippen molar-refractivity contribution in [3.63, 3.8) is 0 Å². The van der Waals surface area contributed by atoms with Gasteiger partial charge in [-0.15, -0.1) is 11.3 Å². The summed E-state index contributed by atoms with van der Waals surface area (Å²) >= 11 is 5.13.